The molecule has 0 heterocycles. The molecule has 170 valence electrons. The van der Waals surface area contributed by atoms with Gasteiger partial charge in [0.1, 0.15) is 25.1 Å². The van der Waals surface area contributed by atoms with Crippen molar-refractivity contribution in [3.8, 4) is 0 Å². The largest absolute Gasteiger partial charge is 0.461 e. The van der Waals surface area contributed by atoms with Gasteiger partial charge in [0.25, 0.3) is 0 Å². The second kappa shape index (κ2) is 12.0. The lowest BCUT2D eigenvalue weighted by molar-refractivity contribution is -0.146. The van der Waals surface area contributed by atoms with Gasteiger partial charge in [-0.25, -0.2) is 9.18 Å². The number of esters is 1. The fourth-order valence-electron chi connectivity index (χ4n) is 2.86. The number of amides is 2. The van der Waals surface area contributed by atoms with E-state index in [1.165, 1.54) is 18.2 Å². The number of rotatable bonds is 9. The highest BCUT2D eigenvalue weighted by atomic mass is 19.1. The Bertz CT molecular complexity index is 1020. The van der Waals surface area contributed by atoms with E-state index in [2.05, 4.69) is 10.6 Å². The van der Waals surface area contributed by atoms with Crippen molar-refractivity contribution in [3.63, 3.8) is 0 Å². The molecule has 1 atom stereocenters. The number of ether oxygens (including phenoxy) is 2. The Morgan fingerprint density at radius 2 is 1.30 bits per heavy atom. The molecule has 0 saturated carbocycles. The predicted octanol–water partition coefficient (Wildman–Crippen LogP) is 4.19. The van der Waals surface area contributed by atoms with Crippen molar-refractivity contribution >= 4 is 23.7 Å². The first kappa shape index (κ1) is 23.5. The molecule has 33 heavy (non-hydrogen) atoms. The number of carbonyl (C=O) groups excluding carboxylic acids is 3. The average Bonchev–Trinajstić information content (AvgIpc) is 2.84. The summed E-state index contributed by atoms with van der Waals surface area (Å²) in [7, 11) is 0. The summed E-state index contributed by atoms with van der Waals surface area (Å²) in [6, 6.07) is 22.2. The zero-order valence-corrected chi connectivity index (χ0v) is 17.7. The molecule has 0 aliphatic rings. The van der Waals surface area contributed by atoms with E-state index in [1.807, 2.05) is 12.1 Å². The Kier molecular flexibility index (Phi) is 8.53. The van der Waals surface area contributed by atoms with Crippen LogP contribution in [0.15, 0.2) is 84.9 Å². The van der Waals surface area contributed by atoms with Crippen molar-refractivity contribution in [1.29, 1.82) is 0 Å². The standard InChI is InChI=1S/C25H23FN2O5/c26-20-13-7-8-14-21(20)27-24(30)22(15-23(29)32-16-18-9-3-1-4-10-18)28-25(31)33-17-19-11-5-2-6-12-19/h1-14,22H,15-17H2,(H,27,30)(H,28,31)/t22-/m1/s1. The van der Waals surface area contributed by atoms with Gasteiger partial charge in [-0.2, -0.15) is 0 Å². The number of anilines is 1. The van der Waals surface area contributed by atoms with E-state index in [9.17, 15) is 18.8 Å². The molecule has 7 nitrogen and oxygen atoms in total. The van der Waals surface area contributed by atoms with Crippen molar-refractivity contribution in [3.05, 3.63) is 102 Å². The molecule has 0 radical (unpaired) electrons. The van der Waals surface area contributed by atoms with Gasteiger partial charge >= 0.3 is 12.1 Å². The topological polar surface area (TPSA) is 93.7 Å². The van der Waals surface area contributed by atoms with Crippen LogP contribution < -0.4 is 10.6 Å². The highest BCUT2D eigenvalue weighted by Crippen LogP contribution is 2.14. The van der Waals surface area contributed by atoms with Gasteiger partial charge in [-0.3, -0.25) is 9.59 Å². The number of hydrogen-bond acceptors (Lipinski definition) is 5. The van der Waals surface area contributed by atoms with Crippen LogP contribution in [0.2, 0.25) is 0 Å². The molecule has 0 aliphatic heterocycles. The third kappa shape index (κ3) is 7.77. The Labute approximate surface area is 190 Å². The van der Waals surface area contributed by atoms with E-state index >= 15 is 0 Å². The first-order chi connectivity index (χ1) is 16.0. The molecule has 0 aromatic heterocycles. The minimum atomic E-state index is -1.34. The van der Waals surface area contributed by atoms with Crippen LogP contribution in [0.5, 0.6) is 0 Å². The number of alkyl carbamates (subject to hydrolysis) is 1. The van der Waals surface area contributed by atoms with E-state index in [0.29, 0.717) is 0 Å². The Morgan fingerprint density at radius 1 is 0.758 bits per heavy atom. The molecule has 0 aliphatic carbocycles. The quantitative estimate of drug-likeness (QED) is 0.477. The first-order valence-corrected chi connectivity index (χ1v) is 10.2. The van der Waals surface area contributed by atoms with Gasteiger partial charge in [-0.15, -0.1) is 0 Å². The smallest absolute Gasteiger partial charge is 0.408 e. The molecule has 0 unspecified atom stereocenters. The highest BCUT2D eigenvalue weighted by Gasteiger charge is 2.26. The summed E-state index contributed by atoms with van der Waals surface area (Å²) in [5.41, 5.74) is 1.44. The Hall–Kier alpha value is -4.20. The molecule has 0 spiro atoms. The van der Waals surface area contributed by atoms with E-state index in [4.69, 9.17) is 9.47 Å². The lowest BCUT2D eigenvalue weighted by atomic mass is 10.2. The molecule has 2 N–H and O–H groups in total. The summed E-state index contributed by atoms with van der Waals surface area (Å²) in [5, 5.41) is 4.74. The van der Waals surface area contributed by atoms with Gasteiger partial charge in [-0.1, -0.05) is 72.8 Å². The maximum Gasteiger partial charge on any atom is 0.408 e. The Morgan fingerprint density at radius 3 is 1.91 bits per heavy atom. The van der Waals surface area contributed by atoms with Gasteiger partial charge < -0.3 is 20.1 Å². The number of hydrogen-bond donors (Lipinski definition) is 2. The lowest BCUT2D eigenvalue weighted by Crippen LogP contribution is -2.45. The molecule has 3 aromatic carbocycles. The van der Waals surface area contributed by atoms with Crippen LogP contribution in [0.3, 0.4) is 0 Å². The van der Waals surface area contributed by atoms with Crippen LogP contribution in [0.25, 0.3) is 0 Å². The van der Waals surface area contributed by atoms with Crippen molar-refractivity contribution in [1.82, 2.24) is 5.32 Å². The summed E-state index contributed by atoms with van der Waals surface area (Å²) in [6.07, 6.45) is -1.36. The predicted molar refractivity (Wildman–Crippen MR) is 119 cm³/mol. The molecule has 8 heteroatoms. The van der Waals surface area contributed by atoms with Crippen molar-refractivity contribution < 1.29 is 28.2 Å². The molecular formula is C25H23FN2O5. The van der Waals surface area contributed by atoms with Gasteiger partial charge in [0.15, 0.2) is 0 Å². The summed E-state index contributed by atoms with van der Waals surface area (Å²) < 4.78 is 24.3. The van der Waals surface area contributed by atoms with E-state index in [1.54, 1.807) is 54.6 Å². The molecule has 3 aromatic rings. The number of para-hydroxylation sites is 1. The normalized spacial score (nSPS) is 11.2. The van der Waals surface area contributed by atoms with Crippen molar-refractivity contribution in [2.75, 3.05) is 5.32 Å². The fourth-order valence-corrected chi connectivity index (χ4v) is 2.86. The van der Waals surface area contributed by atoms with E-state index in [0.717, 1.165) is 11.1 Å². The zero-order chi connectivity index (χ0) is 23.5. The van der Waals surface area contributed by atoms with Crippen molar-refractivity contribution in [2.24, 2.45) is 0 Å². The SMILES string of the molecule is O=C(C[C@@H](NC(=O)OCc1ccccc1)C(=O)Nc1ccccc1F)OCc1ccccc1. The average molecular weight is 450 g/mol. The zero-order valence-electron chi connectivity index (χ0n) is 17.7. The number of halogens is 1. The Balaban J connectivity index is 1.62. The fraction of sp³-hybridized carbons (Fsp3) is 0.160. The summed E-state index contributed by atoms with van der Waals surface area (Å²) in [5.74, 6) is -2.15. The number of benzene rings is 3. The summed E-state index contributed by atoms with van der Waals surface area (Å²) in [4.78, 5) is 37.3. The minimum absolute atomic E-state index is 0.0137. The first-order valence-electron chi connectivity index (χ1n) is 10.2. The van der Waals surface area contributed by atoms with Gasteiger partial charge in [0, 0.05) is 0 Å². The third-order valence-corrected chi connectivity index (χ3v) is 4.57. The molecule has 0 fully saturated rings. The van der Waals surface area contributed by atoms with Gasteiger partial charge in [0.2, 0.25) is 5.91 Å². The van der Waals surface area contributed by atoms with E-state index in [-0.39, 0.29) is 18.9 Å². The van der Waals surface area contributed by atoms with E-state index < -0.39 is 36.2 Å². The summed E-state index contributed by atoms with van der Waals surface area (Å²) >= 11 is 0. The molecule has 0 bridgehead atoms. The number of carbonyl (C=O) groups is 3. The molecule has 3 rings (SSSR count). The number of nitrogens with one attached hydrogen (secondary N) is 2. The van der Waals surface area contributed by atoms with Crippen LogP contribution in [-0.2, 0) is 32.3 Å². The van der Waals surface area contributed by atoms with Crippen LogP contribution >= 0.6 is 0 Å². The highest BCUT2D eigenvalue weighted by molar-refractivity contribution is 5.98. The molecular weight excluding hydrogens is 427 g/mol. The lowest BCUT2D eigenvalue weighted by Gasteiger charge is -2.18. The summed E-state index contributed by atoms with van der Waals surface area (Å²) in [6.45, 7) is -0.00738. The van der Waals surface area contributed by atoms with Crippen LogP contribution in [0.4, 0.5) is 14.9 Å². The maximum absolute atomic E-state index is 13.9. The third-order valence-electron chi connectivity index (χ3n) is 4.57. The molecule has 0 saturated heterocycles. The van der Waals surface area contributed by atoms with Crippen LogP contribution in [0.1, 0.15) is 17.5 Å². The maximum atomic E-state index is 13.9. The second-order valence-corrected chi connectivity index (χ2v) is 7.08. The monoisotopic (exact) mass is 450 g/mol. The van der Waals surface area contributed by atoms with Crippen LogP contribution in [-0.4, -0.2) is 24.0 Å². The molecule has 2 amide bonds. The van der Waals surface area contributed by atoms with Gasteiger partial charge in [0.05, 0.1) is 12.1 Å². The van der Waals surface area contributed by atoms with Crippen molar-refractivity contribution in [2.45, 2.75) is 25.7 Å². The second-order valence-electron chi connectivity index (χ2n) is 7.08. The van der Waals surface area contributed by atoms with Crippen LogP contribution in [0, 0.1) is 5.82 Å². The minimum Gasteiger partial charge on any atom is -0.461 e. The van der Waals surface area contributed by atoms with Gasteiger partial charge in [-0.05, 0) is 23.3 Å².